The summed E-state index contributed by atoms with van der Waals surface area (Å²) in [5, 5.41) is 0.718. The van der Waals surface area contributed by atoms with Gasteiger partial charge in [-0.2, -0.15) is 0 Å². The van der Waals surface area contributed by atoms with Crippen molar-refractivity contribution in [3.8, 4) is 5.75 Å². The van der Waals surface area contributed by atoms with Gasteiger partial charge in [-0.1, -0.05) is 33.6 Å². The van der Waals surface area contributed by atoms with Crippen molar-refractivity contribution in [1.29, 1.82) is 0 Å². The van der Waals surface area contributed by atoms with Crippen molar-refractivity contribution in [3.05, 3.63) is 62.6 Å². The van der Waals surface area contributed by atoms with Crippen molar-refractivity contribution in [3.63, 3.8) is 0 Å². The lowest BCUT2D eigenvalue weighted by Gasteiger charge is -2.18. The average Bonchev–Trinajstić information content (AvgIpc) is 2.45. The Hall–Kier alpha value is -1.07. The van der Waals surface area contributed by atoms with Crippen LogP contribution < -0.4 is 16.0 Å². The van der Waals surface area contributed by atoms with Gasteiger partial charge in [0.25, 0.3) is 0 Å². The number of aryl methyl sites for hydroxylation is 1. The van der Waals surface area contributed by atoms with Gasteiger partial charge in [-0.25, -0.2) is 0 Å². The summed E-state index contributed by atoms with van der Waals surface area (Å²) < 4.78 is 6.31. The van der Waals surface area contributed by atoms with Crippen LogP contribution in [-0.4, -0.2) is 7.11 Å². The maximum atomic E-state index is 6.14. The van der Waals surface area contributed by atoms with Crippen LogP contribution in [0.4, 0.5) is 0 Å². The number of halogens is 2. The third kappa shape index (κ3) is 4.20. The van der Waals surface area contributed by atoms with E-state index in [4.69, 9.17) is 22.2 Å². The predicted octanol–water partition coefficient (Wildman–Crippen LogP) is 4.17. The molecule has 0 aliphatic rings. The number of nitrogens with two attached hydrogens (primary N) is 1. The van der Waals surface area contributed by atoms with Crippen LogP contribution in [0.5, 0.6) is 5.75 Å². The lowest BCUT2D eigenvalue weighted by atomic mass is 9.98. The Morgan fingerprint density at radius 2 is 2.05 bits per heavy atom. The molecule has 0 saturated carbocycles. The fraction of sp³-hybridized carbons (Fsp3) is 0.250. The monoisotopic (exact) mass is 368 g/mol. The molecule has 1 unspecified atom stereocenters. The lowest BCUT2D eigenvalue weighted by molar-refractivity contribution is 0.413. The normalized spacial score (nSPS) is 12.2. The van der Waals surface area contributed by atoms with E-state index in [0.717, 1.165) is 38.4 Å². The number of benzene rings is 2. The molecule has 2 aromatic carbocycles. The van der Waals surface area contributed by atoms with Crippen molar-refractivity contribution >= 4 is 27.5 Å². The highest BCUT2D eigenvalue weighted by atomic mass is 79.9. The van der Waals surface area contributed by atoms with E-state index in [1.54, 1.807) is 7.11 Å². The Labute approximate surface area is 138 Å². The van der Waals surface area contributed by atoms with Gasteiger partial charge in [-0.15, -0.1) is 0 Å². The maximum absolute atomic E-state index is 6.14. The third-order valence-corrected chi connectivity index (χ3v) is 4.34. The summed E-state index contributed by atoms with van der Waals surface area (Å²) in [6.45, 7) is 2.02. The van der Waals surface area contributed by atoms with Crippen LogP contribution in [0.2, 0.25) is 5.02 Å². The Morgan fingerprint density at radius 1 is 1.29 bits per heavy atom. The summed E-state index contributed by atoms with van der Waals surface area (Å²) in [6, 6.07) is 11.8. The molecule has 3 N–H and O–H groups in total. The van der Waals surface area contributed by atoms with E-state index in [0.29, 0.717) is 0 Å². The smallest absolute Gasteiger partial charge is 0.119 e. The highest BCUT2D eigenvalue weighted by molar-refractivity contribution is 9.10. The molecule has 2 rings (SSSR count). The first-order chi connectivity index (χ1) is 10.0. The molecule has 0 radical (unpaired) electrons. The molecule has 0 aliphatic heterocycles. The standard InChI is InChI=1S/C16H18BrClN2O/c1-10-5-12(7-13(18)6-10)16(20-19)9-11-8-14(21-2)3-4-15(11)17/h3-8,16,20H,9,19H2,1-2H3. The van der Waals surface area contributed by atoms with Gasteiger partial charge >= 0.3 is 0 Å². The van der Waals surface area contributed by atoms with Crippen molar-refractivity contribution in [2.75, 3.05) is 7.11 Å². The minimum absolute atomic E-state index is 0.0224. The molecule has 112 valence electrons. The van der Waals surface area contributed by atoms with Crippen molar-refractivity contribution < 1.29 is 4.74 Å². The largest absolute Gasteiger partial charge is 0.497 e. The summed E-state index contributed by atoms with van der Waals surface area (Å²) in [5.41, 5.74) is 6.17. The van der Waals surface area contributed by atoms with Crippen LogP contribution in [0.3, 0.4) is 0 Å². The molecule has 0 fully saturated rings. The molecule has 0 amide bonds. The number of rotatable bonds is 5. The van der Waals surface area contributed by atoms with Gasteiger partial charge in [0.2, 0.25) is 0 Å². The molecular weight excluding hydrogens is 352 g/mol. The highest BCUT2D eigenvalue weighted by Crippen LogP contribution is 2.28. The maximum Gasteiger partial charge on any atom is 0.119 e. The van der Waals surface area contributed by atoms with E-state index in [1.807, 2.05) is 37.3 Å². The molecule has 0 aliphatic carbocycles. The van der Waals surface area contributed by atoms with E-state index in [-0.39, 0.29) is 6.04 Å². The summed E-state index contributed by atoms with van der Waals surface area (Å²) >= 11 is 9.70. The summed E-state index contributed by atoms with van der Waals surface area (Å²) in [7, 11) is 1.66. The molecule has 0 aromatic heterocycles. The second-order valence-corrected chi connectivity index (χ2v) is 6.23. The second-order valence-electron chi connectivity index (χ2n) is 4.94. The van der Waals surface area contributed by atoms with Gasteiger partial charge in [0.15, 0.2) is 0 Å². The SMILES string of the molecule is COc1ccc(Br)c(CC(NN)c2cc(C)cc(Cl)c2)c1. The van der Waals surface area contributed by atoms with E-state index >= 15 is 0 Å². The zero-order chi connectivity index (χ0) is 15.4. The van der Waals surface area contributed by atoms with E-state index in [2.05, 4.69) is 27.4 Å². The Balaban J connectivity index is 2.30. The quantitative estimate of drug-likeness (QED) is 0.614. The Bertz CT molecular complexity index is 613. The molecule has 0 heterocycles. The fourth-order valence-corrected chi connectivity index (χ4v) is 3.00. The molecule has 2 aromatic rings. The van der Waals surface area contributed by atoms with Gasteiger partial charge < -0.3 is 4.74 Å². The number of hydrogen-bond acceptors (Lipinski definition) is 3. The zero-order valence-electron chi connectivity index (χ0n) is 12.0. The van der Waals surface area contributed by atoms with Crippen LogP contribution >= 0.6 is 27.5 Å². The van der Waals surface area contributed by atoms with Crippen molar-refractivity contribution in [1.82, 2.24) is 5.43 Å². The number of nitrogens with one attached hydrogen (secondary N) is 1. The second kappa shape index (κ2) is 7.27. The number of hydrogen-bond donors (Lipinski definition) is 2. The van der Waals surface area contributed by atoms with Crippen LogP contribution in [0, 0.1) is 6.92 Å². The predicted molar refractivity (Wildman–Crippen MR) is 90.7 cm³/mol. The zero-order valence-corrected chi connectivity index (χ0v) is 14.3. The minimum atomic E-state index is -0.0224. The average molecular weight is 370 g/mol. The first kappa shape index (κ1) is 16.3. The topological polar surface area (TPSA) is 47.3 Å². The van der Waals surface area contributed by atoms with Crippen molar-refractivity contribution in [2.24, 2.45) is 5.84 Å². The molecule has 0 bridgehead atoms. The highest BCUT2D eigenvalue weighted by Gasteiger charge is 2.14. The Kier molecular flexibility index (Phi) is 5.65. The molecule has 5 heteroatoms. The molecule has 3 nitrogen and oxygen atoms in total. The first-order valence-electron chi connectivity index (χ1n) is 6.59. The molecule has 21 heavy (non-hydrogen) atoms. The van der Waals surface area contributed by atoms with Crippen LogP contribution in [0.25, 0.3) is 0 Å². The van der Waals surface area contributed by atoms with Crippen LogP contribution in [0.15, 0.2) is 40.9 Å². The molecular formula is C16H18BrClN2O. The van der Waals surface area contributed by atoms with Crippen LogP contribution in [-0.2, 0) is 6.42 Å². The number of ether oxygens (including phenoxy) is 1. The van der Waals surface area contributed by atoms with Gasteiger partial charge in [0, 0.05) is 9.50 Å². The number of hydrazine groups is 1. The summed E-state index contributed by atoms with van der Waals surface area (Å²) in [6.07, 6.45) is 0.730. The van der Waals surface area contributed by atoms with E-state index in [1.165, 1.54) is 0 Å². The fourth-order valence-electron chi connectivity index (χ4n) is 2.29. The van der Waals surface area contributed by atoms with Gasteiger partial charge in [0.1, 0.15) is 5.75 Å². The van der Waals surface area contributed by atoms with E-state index in [9.17, 15) is 0 Å². The summed E-state index contributed by atoms with van der Waals surface area (Å²) in [5.74, 6) is 6.56. The summed E-state index contributed by atoms with van der Waals surface area (Å²) in [4.78, 5) is 0. The van der Waals surface area contributed by atoms with Gasteiger partial charge in [0.05, 0.1) is 13.2 Å². The molecule has 0 spiro atoms. The van der Waals surface area contributed by atoms with Gasteiger partial charge in [-0.05, 0) is 60.4 Å². The molecule has 1 atom stereocenters. The van der Waals surface area contributed by atoms with Gasteiger partial charge in [-0.3, -0.25) is 11.3 Å². The number of methoxy groups -OCH3 is 1. The van der Waals surface area contributed by atoms with Crippen LogP contribution in [0.1, 0.15) is 22.7 Å². The molecule has 0 saturated heterocycles. The lowest BCUT2D eigenvalue weighted by Crippen LogP contribution is -2.29. The third-order valence-electron chi connectivity index (χ3n) is 3.34. The Morgan fingerprint density at radius 3 is 2.67 bits per heavy atom. The minimum Gasteiger partial charge on any atom is -0.497 e. The first-order valence-corrected chi connectivity index (χ1v) is 7.76. The van der Waals surface area contributed by atoms with Crippen molar-refractivity contribution in [2.45, 2.75) is 19.4 Å². The van der Waals surface area contributed by atoms with E-state index < -0.39 is 0 Å².